The summed E-state index contributed by atoms with van der Waals surface area (Å²) in [6.07, 6.45) is 2.83. The van der Waals surface area contributed by atoms with Crippen molar-refractivity contribution in [2.75, 3.05) is 0 Å². The molecule has 0 spiro atoms. The van der Waals surface area contributed by atoms with Gasteiger partial charge in [-0.2, -0.15) is 0 Å². The number of hydrogen-bond acceptors (Lipinski definition) is 4. The fourth-order valence-electron chi connectivity index (χ4n) is 0.883. The molecular weight excluding hydrogens is 176 g/mol. The fraction of sp³-hybridized carbons (Fsp3) is 0. The number of nitrogens with zero attached hydrogens (tertiary/aromatic N) is 4. The standard InChI is InChI=1S/C6H3N4OS/c7-9-4-3-8-6-10(5(4)11)1-2-12-6/h1-3H/q+1. The summed E-state index contributed by atoms with van der Waals surface area (Å²) in [6.45, 7) is 0. The van der Waals surface area contributed by atoms with Crippen molar-refractivity contribution in [2.24, 2.45) is 0 Å². The van der Waals surface area contributed by atoms with E-state index in [9.17, 15) is 4.79 Å². The third kappa shape index (κ3) is 0.805. The Morgan fingerprint density at radius 3 is 3.25 bits per heavy atom. The first kappa shape index (κ1) is 6.94. The van der Waals surface area contributed by atoms with E-state index in [2.05, 4.69) is 9.96 Å². The monoisotopic (exact) mass is 179 g/mol. The Morgan fingerprint density at radius 2 is 2.50 bits per heavy atom. The van der Waals surface area contributed by atoms with E-state index in [1.807, 2.05) is 0 Å². The molecule has 0 atom stereocenters. The second kappa shape index (κ2) is 2.39. The van der Waals surface area contributed by atoms with Crippen molar-refractivity contribution < 1.29 is 0 Å². The van der Waals surface area contributed by atoms with Crippen molar-refractivity contribution in [3.05, 3.63) is 33.1 Å². The van der Waals surface area contributed by atoms with Gasteiger partial charge in [0.05, 0.1) is 0 Å². The molecule has 0 radical (unpaired) electrons. The van der Waals surface area contributed by atoms with Gasteiger partial charge in [0.2, 0.25) is 5.39 Å². The van der Waals surface area contributed by atoms with Crippen LogP contribution in [0.15, 0.2) is 22.6 Å². The van der Waals surface area contributed by atoms with E-state index in [1.54, 1.807) is 11.6 Å². The van der Waals surface area contributed by atoms with E-state index in [-0.39, 0.29) is 11.2 Å². The molecule has 2 rings (SSSR count). The zero-order valence-electron chi connectivity index (χ0n) is 5.84. The highest BCUT2D eigenvalue weighted by atomic mass is 32.1. The van der Waals surface area contributed by atoms with E-state index < -0.39 is 0 Å². The molecule has 5 nitrogen and oxygen atoms in total. The maximum Gasteiger partial charge on any atom is 0.467 e. The number of fused-ring (bicyclic) bond motifs is 1. The van der Waals surface area contributed by atoms with E-state index >= 15 is 0 Å². The first-order chi connectivity index (χ1) is 5.83. The van der Waals surface area contributed by atoms with E-state index in [0.717, 1.165) is 0 Å². The number of aromatic nitrogens is 2. The quantitative estimate of drug-likeness (QED) is 0.571. The van der Waals surface area contributed by atoms with Crippen molar-refractivity contribution in [1.82, 2.24) is 9.38 Å². The summed E-state index contributed by atoms with van der Waals surface area (Å²) < 4.78 is 1.33. The number of diazo groups is 1. The summed E-state index contributed by atoms with van der Waals surface area (Å²) in [5, 5.41) is 10.1. The molecular formula is C6H3N4OS+. The molecule has 12 heavy (non-hydrogen) atoms. The second-order valence-electron chi connectivity index (χ2n) is 2.10. The molecule has 2 aromatic heterocycles. The molecule has 6 heteroatoms. The number of thiazole rings is 1. The van der Waals surface area contributed by atoms with Crippen LogP contribution in [0.5, 0.6) is 0 Å². The highest BCUT2D eigenvalue weighted by Crippen LogP contribution is 2.08. The number of hydrogen-bond donors (Lipinski definition) is 0. The minimum absolute atomic E-state index is 0.0501. The third-order valence-electron chi connectivity index (χ3n) is 1.43. The van der Waals surface area contributed by atoms with E-state index in [1.165, 1.54) is 21.9 Å². The molecule has 0 aromatic carbocycles. The summed E-state index contributed by atoms with van der Waals surface area (Å²) in [7, 11) is 0. The molecule has 0 aliphatic heterocycles. The molecule has 0 unspecified atom stereocenters. The molecule has 0 aliphatic rings. The van der Waals surface area contributed by atoms with Gasteiger partial charge in [0.15, 0.2) is 9.94 Å². The smallest absolute Gasteiger partial charge is 0.259 e. The molecule has 2 heterocycles. The Kier molecular flexibility index (Phi) is 1.38. The lowest BCUT2D eigenvalue weighted by Crippen LogP contribution is -2.10. The van der Waals surface area contributed by atoms with Crippen LogP contribution in [0.1, 0.15) is 0 Å². The van der Waals surface area contributed by atoms with Gasteiger partial charge in [0.1, 0.15) is 6.20 Å². The predicted octanol–water partition coefficient (Wildman–Crippen LogP) is 1.24. The summed E-state index contributed by atoms with van der Waals surface area (Å²) in [5.41, 5.74) is -0.408. The molecule has 0 aliphatic carbocycles. The van der Waals surface area contributed by atoms with Crippen molar-refractivity contribution >= 4 is 22.0 Å². The third-order valence-corrected chi connectivity index (χ3v) is 2.20. The van der Waals surface area contributed by atoms with Crippen LogP contribution >= 0.6 is 11.3 Å². The van der Waals surface area contributed by atoms with Crippen molar-refractivity contribution in [1.29, 1.82) is 5.39 Å². The molecule has 0 saturated heterocycles. The lowest BCUT2D eigenvalue weighted by atomic mass is 10.5. The molecule has 0 amide bonds. The Bertz CT molecular complexity index is 520. The van der Waals surface area contributed by atoms with Gasteiger partial charge in [0.25, 0.3) is 0 Å². The molecule has 0 N–H and O–H groups in total. The topological polar surface area (TPSA) is 62.5 Å². The van der Waals surface area contributed by atoms with Crippen LogP contribution in [0.25, 0.3) is 9.94 Å². The maximum atomic E-state index is 11.3. The van der Waals surface area contributed by atoms with Gasteiger partial charge in [0, 0.05) is 11.6 Å². The normalized spacial score (nSPS) is 9.92. The van der Waals surface area contributed by atoms with Gasteiger partial charge in [-0.3, -0.25) is 9.20 Å². The Hall–Kier alpha value is -1.74. The van der Waals surface area contributed by atoms with Gasteiger partial charge in [-0.1, -0.05) is 0 Å². The fourth-order valence-corrected chi connectivity index (χ4v) is 1.56. The van der Waals surface area contributed by atoms with Crippen LogP contribution in [0.4, 0.5) is 5.69 Å². The average Bonchev–Trinajstić information content (AvgIpc) is 2.53. The van der Waals surface area contributed by atoms with E-state index in [4.69, 9.17) is 5.39 Å². The van der Waals surface area contributed by atoms with Crippen molar-refractivity contribution in [3.63, 3.8) is 0 Å². The predicted molar refractivity (Wildman–Crippen MR) is 44.1 cm³/mol. The summed E-state index contributed by atoms with van der Waals surface area (Å²) in [6, 6.07) is 0. The zero-order valence-corrected chi connectivity index (χ0v) is 6.65. The minimum Gasteiger partial charge on any atom is -0.259 e. The average molecular weight is 179 g/mol. The first-order valence-electron chi connectivity index (χ1n) is 3.13. The van der Waals surface area contributed by atoms with Gasteiger partial charge in [-0.25, -0.2) is 4.98 Å². The summed E-state index contributed by atoms with van der Waals surface area (Å²) >= 11 is 1.35. The van der Waals surface area contributed by atoms with Crippen LogP contribution in [0, 0.1) is 5.39 Å². The van der Waals surface area contributed by atoms with E-state index in [0.29, 0.717) is 4.96 Å². The molecule has 0 bridgehead atoms. The lowest BCUT2D eigenvalue weighted by Gasteiger charge is -1.84. The Balaban J connectivity index is 3.00. The molecule has 0 fully saturated rings. The maximum absolute atomic E-state index is 11.3. The van der Waals surface area contributed by atoms with Gasteiger partial charge in [-0.15, -0.1) is 11.3 Å². The van der Waals surface area contributed by atoms with Crippen LogP contribution in [0.2, 0.25) is 0 Å². The van der Waals surface area contributed by atoms with Gasteiger partial charge in [-0.05, 0) is 0 Å². The minimum atomic E-state index is -0.358. The summed E-state index contributed by atoms with van der Waals surface area (Å²) in [4.78, 5) is 18.6. The van der Waals surface area contributed by atoms with Gasteiger partial charge < -0.3 is 0 Å². The van der Waals surface area contributed by atoms with Crippen LogP contribution < -0.4 is 5.56 Å². The Labute approximate surface area is 70.5 Å². The first-order valence-corrected chi connectivity index (χ1v) is 4.01. The largest absolute Gasteiger partial charge is 0.467 e. The summed E-state index contributed by atoms with van der Waals surface area (Å²) in [5.74, 6) is 0. The number of rotatable bonds is 0. The second-order valence-corrected chi connectivity index (χ2v) is 2.98. The van der Waals surface area contributed by atoms with Crippen molar-refractivity contribution in [3.8, 4) is 0 Å². The zero-order chi connectivity index (χ0) is 8.55. The SMILES string of the molecule is N#[N+]c1cnc2sccn2c1=O. The van der Waals surface area contributed by atoms with Crippen LogP contribution in [0.3, 0.4) is 0 Å². The molecule has 2 aromatic rings. The molecule has 0 saturated carbocycles. The van der Waals surface area contributed by atoms with Crippen LogP contribution in [-0.4, -0.2) is 9.38 Å². The highest BCUT2D eigenvalue weighted by Gasteiger charge is 2.14. The van der Waals surface area contributed by atoms with Crippen molar-refractivity contribution in [2.45, 2.75) is 0 Å². The van der Waals surface area contributed by atoms with Crippen LogP contribution in [-0.2, 0) is 0 Å². The lowest BCUT2D eigenvalue weighted by molar-refractivity contribution is 1.08. The Morgan fingerprint density at radius 1 is 1.67 bits per heavy atom. The van der Waals surface area contributed by atoms with Gasteiger partial charge >= 0.3 is 11.2 Å². The molecule has 58 valence electrons. The highest BCUT2D eigenvalue weighted by molar-refractivity contribution is 7.15.